The Morgan fingerprint density at radius 3 is 2.46 bits per heavy atom. The van der Waals surface area contributed by atoms with Crippen molar-refractivity contribution in [1.29, 1.82) is 0 Å². The quantitative estimate of drug-likeness (QED) is 0.573. The number of nitrogens with one attached hydrogen (secondary N) is 1. The van der Waals surface area contributed by atoms with Crippen molar-refractivity contribution in [2.24, 2.45) is 0 Å². The molecule has 3 aromatic rings. The van der Waals surface area contributed by atoms with Crippen LogP contribution in [-0.2, 0) is 11.2 Å². The molecule has 0 atom stereocenters. The highest BCUT2D eigenvalue weighted by molar-refractivity contribution is 6.05. The molecule has 1 heterocycles. The Morgan fingerprint density at radius 1 is 0.893 bits per heavy atom. The van der Waals surface area contributed by atoms with Gasteiger partial charge in [-0.05, 0) is 71.5 Å². The zero-order valence-corrected chi connectivity index (χ0v) is 15.4. The lowest BCUT2D eigenvalue weighted by Crippen LogP contribution is -2.23. The van der Waals surface area contributed by atoms with Crippen LogP contribution in [-0.4, -0.2) is 18.4 Å². The van der Waals surface area contributed by atoms with Crippen molar-refractivity contribution in [3.8, 4) is 11.1 Å². The molecule has 2 aliphatic rings. The molecule has 0 spiro atoms. The SMILES string of the molecule is O=C(Nc1ccc2c(c1)Cc1ccccc1-2)c1ccc(N2CCCC2=O)cc1. The van der Waals surface area contributed by atoms with Crippen LogP contribution in [0.3, 0.4) is 0 Å². The molecule has 1 N–H and O–H groups in total. The number of amides is 2. The van der Waals surface area contributed by atoms with Crippen molar-refractivity contribution in [2.45, 2.75) is 19.3 Å². The van der Waals surface area contributed by atoms with Crippen molar-refractivity contribution < 1.29 is 9.59 Å². The van der Waals surface area contributed by atoms with Gasteiger partial charge in [-0.3, -0.25) is 9.59 Å². The number of hydrogen-bond acceptors (Lipinski definition) is 2. The molecule has 1 aliphatic carbocycles. The summed E-state index contributed by atoms with van der Waals surface area (Å²) in [5.74, 6) is 0.00565. The van der Waals surface area contributed by atoms with E-state index < -0.39 is 0 Å². The van der Waals surface area contributed by atoms with Gasteiger partial charge in [-0.15, -0.1) is 0 Å². The topological polar surface area (TPSA) is 49.4 Å². The van der Waals surface area contributed by atoms with Gasteiger partial charge in [0.1, 0.15) is 0 Å². The van der Waals surface area contributed by atoms with Crippen LogP contribution in [0.4, 0.5) is 11.4 Å². The Kier molecular flexibility index (Phi) is 3.97. The molecule has 1 aliphatic heterocycles. The fraction of sp³-hybridized carbons (Fsp3) is 0.167. The molecule has 0 unspecified atom stereocenters. The van der Waals surface area contributed by atoms with Crippen molar-refractivity contribution >= 4 is 23.2 Å². The van der Waals surface area contributed by atoms with Gasteiger partial charge in [0.15, 0.2) is 0 Å². The van der Waals surface area contributed by atoms with E-state index in [1.54, 1.807) is 17.0 Å². The van der Waals surface area contributed by atoms with Crippen LogP contribution in [0.2, 0.25) is 0 Å². The molecule has 1 fully saturated rings. The molecule has 4 nitrogen and oxygen atoms in total. The second-order valence-electron chi connectivity index (χ2n) is 7.36. The Balaban J connectivity index is 1.32. The number of carbonyl (C=O) groups is 2. The van der Waals surface area contributed by atoms with Crippen LogP contribution in [0.15, 0.2) is 66.7 Å². The fourth-order valence-electron chi connectivity index (χ4n) is 4.14. The molecule has 1 saturated heterocycles. The first-order valence-corrected chi connectivity index (χ1v) is 9.62. The summed E-state index contributed by atoms with van der Waals surface area (Å²) in [6.07, 6.45) is 2.39. The standard InChI is InChI=1S/C24H20N2O2/c27-23-6-3-13-26(23)20-10-7-16(8-11-20)24(28)25-19-9-12-22-18(15-19)14-17-4-1-2-5-21(17)22/h1-2,4-5,7-12,15H,3,6,13-14H2,(H,25,28). The molecule has 4 heteroatoms. The van der Waals surface area contributed by atoms with E-state index in [4.69, 9.17) is 0 Å². The van der Waals surface area contributed by atoms with Crippen molar-refractivity contribution in [1.82, 2.24) is 0 Å². The fourth-order valence-corrected chi connectivity index (χ4v) is 4.14. The van der Waals surface area contributed by atoms with Crippen molar-refractivity contribution in [3.63, 3.8) is 0 Å². The van der Waals surface area contributed by atoms with Crippen LogP contribution >= 0.6 is 0 Å². The van der Waals surface area contributed by atoms with Crippen LogP contribution in [0.1, 0.15) is 34.3 Å². The number of carbonyl (C=O) groups excluding carboxylic acids is 2. The molecule has 3 aromatic carbocycles. The number of anilines is 2. The van der Waals surface area contributed by atoms with Gasteiger partial charge in [0.05, 0.1) is 0 Å². The first-order valence-electron chi connectivity index (χ1n) is 9.62. The highest BCUT2D eigenvalue weighted by Crippen LogP contribution is 2.37. The van der Waals surface area contributed by atoms with Crippen molar-refractivity contribution in [2.75, 3.05) is 16.8 Å². The maximum Gasteiger partial charge on any atom is 0.255 e. The van der Waals surface area contributed by atoms with E-state index in [0.717, 1.165) is 30.8 Å². The van der Waals surface area contributed by atoms with Gasteiger partial charge in [0, 0.05) is 29.9 Å². The van der Waals surface area contributed by atoms with E-state index >= 15 is 0 Å². The Morgan fingerprint density at radius 2 is 1.68 bits per heavy atom. The van der Waals surface area contributed by atoms with E-state index in [1.807, 2.05) is 18.2 Å². The number of rotatable bonds is 3. The number of hydrogen-bond donors (Lipinski definition) is 1. The van der Waals surface area contributed by atoms with Gasteiger partial charge in [0.2, 0.25) is 5.91 Å². The van der Waals surface area contributed by atoms with E-state index in [2.05, 4.69) is 41.7 Å². The zero-order chi connectivity index (χ0) is 19.1. The minimum Gasteiger partial charge on any atom is -0.322 e. The third-order valence-electron chi connectivity index (χ3n) is 5.57. The first-order chi connectivity index (χ1) is 13.7. The summed E-state index contributed by atoms with van der Waals surface area (Å²) in [4.78, 5) is 26.3. The molecule has 0 aromatic heterocycles. The molecule has 0 saturated carbocycles. The van der Waals surface area contributed by atoms with E-state index in [0.29, 0.717) is 12.0 Å². The molecular formula is C24H20N2O2. The third kappa shape index (κ3) is 2.87. The van der Waals surface area contributed by atoms with Gasteiger partial charge < -0.3 is 10.2 Å². The van der Waals surface area contributed by atoms with E-state index in [1.165, 1.54) is 22.3 Å². The highest BCUT2D eigenvalue weighted by atomic mass is 16.2. The third-order valence-corrected chi connectivity index (χ3v) is 5.57. The molecule has 138 valence electrons. The first kappa shape index (κ1) is 16.8. The number of fused-ring (bicyclic) bond motifs is 3. The summed E-state index contributed by atoms with van der Waals surface area (Å²) in [6.45, 7) is 0.752. The van der Waals surface area contributed by atoms with Gasteiger partial charge in [-0.2, -0.15) is 0 Å². The van der Waals surface area contributed by atoms with Gasteiger partial charge in [0.25, 0.3) is 5.91 Å². The highest BCUT2D eigenvalue weighted by Gasteiger charge is 2.22. The largest absolute Gasteiger partial charge is 0.322 e. The molecule has 0 bridgehead atoms. The molecule has 28 heavy (non-hydrogen) atoms. The second kappa shape index (κ2) is 6.64. The second-order valence-corrected chi connectivity index (χ2v) is 7.36. The van der Waals surface area contributed by atoms with Gasteiger partial charge in [-0.25, -0.2) is 0 Å². The molecule has 5 rings (SSSR count). The van der Waals surface area contributed by atoms with Crippen LogP contribution in [0, 0.1) is 0 Å². The Bertz CT molecular complexity index is 1090. The normalized spacial score (nSPS) is 14.7. The maximum absolute atomic E-state index is 12.6. The minimum atomic E-state index is -0.144. The molecular weight excluding hydrogens is 348 g/mol. The average molecular weight is 368 g/mol. The summed E-state index contributed by atoms with van der Waals surface area (Å²) in [5.41, 5.74) is 7.33. The monoisotopic (exact) mass is 368 g/mol. The lowest BCUT2D eigenvalue weighted by molar-refractivity contribution is -0.117. The van der Waals surface area contributed by atoms with Crippen molar-refractivity contribution in [3.05, 3.63) is 83.4 Å². The summed E-state index contributed by atoms with van der Waals surface area (Å²) < 4.78 is 0. The minimum absolute atomic E-state index is 0.144. The van der Waals surface area contributed by atoms with E-state index in [9.17, 15) is 9.59 Å². The van der Waals surface area contributed by atoms with E-state index in [-0.39, 0.29) is 11.8 Å². The maximum atomic E-state index is 12.6. The van der Waals surface area contributed by atoms with Gasteiger partial charge >= 0.3 is 0 Å². The summed E-state index contributed by atoms with van der Waals surface area (Å²) in [5, 5.41) is 2.99. The molecule has 0 radical (unpaired) electrons. The predicted octanol–water partition coefficient (Wildman–Crippen LogP) is 4.64. The summed E-state index contributed by atoms with van der Waals surface area (Å²) in [6, 6.07) is 21.8. The Hall–Kier alpha value is -3.40. The number of benzene rings is 3. The summed E-state index contributed by atoms with van der Waals surface area (Å²) >= 11 is 0. The molecule has 2 amide bonds. The van der Waals surface area contributed by atoms with Crippen LogP contribution < -0.4 is 10.2 Å². The zero-order valence-electron chi connectivity index (χ0n) is 15.4. The lowest BCUT2D eigenvalue weighted by Gasteiger charge is -2.16. The predicted molar refractivity (Wildman–Crippen MR) is 111 cm³/mol. The van der Waals surface area contributed by atoms with Crippen LogP contribution in [0.25, 0.3) is 11.1 Å². The average Bonchev–Trinajstić information content (AvgIpc) is 3.31. The van der Waals surface area contributed by atoms with Gasteiger partial charge in [-0.1, -0.05) is 30.3 Å². The van der Waals surface area contributed by atoms with Crippen LogP contribution in [0.5, 0.6) is 0 Å². The lowest BCUT2D eigenvalue weighted by atomic mass is 10.1. The number of nitrogens with zero attached hydrogens (tertiary/aromatic N) is 1. The summed E-state index contributed by atoms with van der Waals surface area (Å²) in [7, 11) is 0. The smallest absolute Gasteiger partial charge is 0.255 e. The Labute approximate surface area is 163 Å².